The summed E-state index contributed by atoms with van der Waals surface area (Å²) in [6, 6.07) is 7.31. The SMILES string of the molecule is CC(CNc1cc2nc[nH]c(=O)c2cc1[N+](=O)[O-])c1ccc(C(F)(F)F)cc1. The zero-order valence-electron chi connectivity index (χ0n) is 14.6. The second-order valence-electron chi connectivity index (χ2n) is 6.28. The van der Waals surface area contributed by atoms with Crippen molar-refractivity contribution in [1.29, 1.82) is 0 Å². The molecule has 146 valence electrons. The van der Waals surface area contributed by atoms with Gasteiger partial charge in [-0.1, -0.05) is 19.1 Å². The van der Waals surface area contributed by atoms with Gasteiger partial charge in [-0.05, 0) is 29.7 Å². The number of benzene rings is 2. The van der Waals surface area contributed by atoms with Gasteiger partial charge < -0.3 is 10.3 Å². The molecular formula is C18H15F3N4O3. The van der Waals surface area contributed by atoms with Crippen molar-refractivity contribution in [1.82, 2.24) is 9.97 Å². The first kappa shape index (κ1) is 19.3. The number of fused-ring (bicyclic) bond motifs is 1. The van der Waals surface area contributed by atoms with Crippen molar-refractivity contribution in [3.05, 3.63) is 74.3 Å². The summed E-state index contributed by atoms with van der Waals surface area (Å²) in [6.45, 7) is 2.02. The van der Waals surface area contributed by atoms with E-state index in [9.17, 15) is 28.1 Å². The molecule has 0 aliphatic rings. The first-order valence-corrected chi connectivity index (χ1v) is 8.23. The molecule has 1 unspecified atom stereocenters. The quantitative estimate of drug-likeness (QED) is 0.504. The normalized spacial score (nSPS) is 12.7. The highest BCUT2D eigenvalue weighted by molar-refractivity contribution is 5.86. The molecule has 28 heavy (non-hydrogen) atoms. The smallest absolute Gasteiger partial charge is 0.379 e. The van der Waals surface area contributed by atoms with Gasteiger partial charge in [-0.3, -0.25) is 14.9 Å². The second kappa shape index (κ2) is 7.29. The van der Waals surface area contributed by atoms with Crippen LogP contribution in [0.5, 0.6) is 0 Å². The number of halogens is 3. The average molecular weight is 392 g/mol. The Hall–Kier alpha value is -3.43. The van der Waals surface area contributed by atoms with E-state index in [4.69, 9.17) is 0 Å². The number of H-pyrrole nitrogens is 1. The predicted octanol–water partition coefficient (Wildman–Crippen LogP) is 4.07. The number of aromatic nitrogens is 2. The first-order valence-electron chi connectivity index (χ1n) is 8.23. The molecule has 0 radical (unpaired) electrons. The molecule has 0 spiro atoms. The van der Waals surface area contributed by atoms with Gasteiger partial charge in [0, 0.05) is 12.6 Å². The summed E-state index contributed by atoms with van der Waals surface area (Å²) in [5.74, 6) is -0.218. The second-order valence-corrected chi connectivity index (χ2v) is 6.28. The number of hydrogen-bond acceptors (Lipinski definition) is 5. The Morgan fingerprint density at radius 3 is 2.54 bits per heavy atom. The van der Waals surface area contributed by atoms with Crippen LogP contribution < -0.4 is 10.9 Å². The lowest BCUT2D eigenvalue weighted by molar-refractivity contribution is -0.383. The molecule has 2 N–H and O–H groups in total. The third-order valence-electron chi connectivity index (χ3n) is 4.36. The van der Waals surface area contributed by atoms with Gasteiger partial charge in [0.15, 0.2) is 0 Å². The topological polar surface area (TPSA) is 101 Å². The van der Waals surface area contributed by atoms with Crippen molar-refractivity contribution in [2.24, 2.45) is 0 Å². The molecule has 3 aromatic rings. The van der Waals surface area contributed by atoms with Gasteiger partial charge >= 0.3 is 6.18 Å². The number of nitro benzene ring substituents is 1. The fourth-order valence-electron chi connectivity index (χ4n) is 2.78. The average Bonchev–Trinajstić information content (AvgIpc) is 2.65. The Balaban J connectivity index is 1.83. The minimum atomic E-state index is -4.41. The largest absolute Gasteiger partial charge is 0.416 e. The van der Waals surface area contributed by atoms with Crippen LogP contribution in [0.15, 0.2) is 47.5 Å². The standard InChI is InChI=1S/C18H15F3N4O3/c1-10(11-2-4-12(5-3-11)18(19,20)21)8-22-15-7-14-13(6-16(15)25(27)28)17(26)24-9-23-14/h2-7,9-10,22H,8H2,1H3,(H,23,24,26). The van der Waals surface area contributed by atoms with Gasteiger partial charge in [-0.15, -0.1) is 0 Å². The summed E-state index contributed by atoms with van der Waals surface area (Å²) in [5.41, 5.74) is -0.395. The highest BCUT2D eigenvalue weighted by Gasteiger charge is 2.30. The first-order chi connectivity index (χ1) is 13.2. The molecule has 0 aliphatic heterocycles. The van der Waals surface area contributed by atoms with Crippen LogP contribution in [0.3, 0.4) is 0 Å². The van der Waals surface area contributed by atoms with Gasteiger partial charge in [0.25, 0.3) is 11.2 Å². The molecule has 0 amide bonds. The van der Waals surface area contributed by atoms with Crippen LogP contribution in [0.2, 0.25) is 0 Å². The predicted molar refractivity (Wildman–Crippen MR) is 97.4 cm³/mol. The van der Waals surface area contributed by atoms with Crippen LogP contribution in [0, 0.1) is 10.1 Å². The maximum absolute atomic E-state index is 12.7. The fourth-order valence-corrected chi connectivity index (χ4v) is 2.78. The number of alkyl halides is 3. The number of anilines is 1. The Bertz CT molecular complexity index is 1080. The van der Waals surface area contributed by atoms with Crippen LogP contribution in [-0.4, -0.2) is 21.4 Å². The minimum absolute atomic E-state index is 0.0931. The lowest BCUT2D eigenvalue weighted by Crippen LogP contribution is -2.13. The zero-order chi connectivity index (χ0) is 20.5. The zero-order valence-corrected chi connectivity index (χ0v) is 14.6. The van der Waals surface area contributed by atoms with E-state index < -0.39 is 22.2 Å². The van der Waals surface area contributed by atoms with Crippen LogP contribution in [0.1, 0.15) is 24.0 Å². The summed E-state index contributed by atoms with van der Waals surface area (Å²) in [6.07, 6.45) is -3.21. The maximum Gasteiger partial charge on any atom is 0.416 e. The van der Waals surface area contributed by atoms with Crippen molar-refractivity contribution in [3.63, 3.8) is 0 Å². The summed E-state index contributed by atoms with van der Waals surface area (Å²) in [7, 11) is 0. The van der Waals surface area contributed by atoms with Crippen molar-refractivity contribution in [2.45, 2.75) is 19.0 Å². The third-order valence-corrected chi connectivity index (χ3v) is 4.36. The van der Waals surface area contributed by atoms with Gasteiger partial charge in [-0.25, -0.2) is 4.98 Å². The molecule has 10 heteroatoms. The van der Waals surface area contributed by atoms with Gasteiger partial charge in [0.2, 0.25) is 0 Å². The molecule has 3 rings (SSSR count). The van der Waals surface area contributed by atoms with E-state index in [1.165, 1.54) is 24.5 Å². The Kier molecular flexibility index (Phi) is 5.04. The number of nitrogens with zero attached hydrogens (tertiary/aromatic N) is 2. The Labute approximate surface area is 156 Å². The van der Waals surface area contributed by atoms with Crippen molar-refractivity contribution < 1.29 is 18.1 Å². The molecule has 1 atom stereocenters. The molecule has 7 nitrogen and oxygen atoms in total. The van der Waals surface area contributed by atoms with E-state index in [1.807, 2.05) is 0 Å². The van der Waals surface area contributed by atoms with Crippen molar-refractivity contribution in [2.75, 3.05) is 11.9 Å². The van der Waals surface area contributed by atoms with Gasteiger partial charge in [0.05, 0.1) is 27.7 Å². The molecule has 0 saturated carbocycles. The molecule has 2 aromatic carbocycles. The highest BCUT2D eigenvalue weighted by Crippen LogP contribution is 2.31. The van der Waals surface area contributed by atoms with Crippen LogP contribution in [0.4, 0.5) is 24.5 Å². The van der Waals surface area contributed by atoms with Crippen LogP contribution in [0.25, 0.3) is 10.9 Å². The number of hydrogen-bond donors (Lipinski definition) is 2. The molecule has 0 bridgehead atoms. The number of nitro groups is 1. The molecular weight excluding hydrogens is 377 g/mol. The third kappa shape index (κ3) is 3.95. The molecule has 0 aliphatic carbocycles. The minimum Gasteiger partial charge on any atom is -0.379 e. The van der Waals surface area contributed by atoms with E-state index in [2.05, 4.69) is 15.3 Å². The summed E-state index contributed by atoms with van der Waals surface area (Å²) >= 11 is 0. The van der Waals surface area contributed by atoms with E-state index >= 15 is 0 Å². The maximum atomic E-state index is 12.7. The van der Waals surface area contributed by atoms with E-state index in [0.717, 1.165) is 18.2 Å². The number of rotatable bonds is 5. The molecule has 1 aromatic heterocycles. The van der Waals surface area contributed by atoms with Gasteiger partial charge in [-0.2, -0.15) is 13.2 Å². The monoisotopic (exact) mass is 392 g/mol. The summed E-state index contributed by atoms with van der Waals surface area (Å²) < 4.78 is 38.0. The Morgan fingerprint density at radius 2 is 1.93 bits per heavy atom. The lowest BCUT2D eigenvalue weighted by atomic mass is 9.99. The number of nitrogens with one attached hydrogen (secondary N) is 2. The van der Waals surface area contributed by atoms with E-state index in [0.29, 0.717) is 11.1 Å². The fraction of sp³-hybridized carbons (Fsp3) is 0.222. The lowest BCUT2D eigenvalue weighted by Gasteiger charge is -2.15. The van der Waals surface area contributed by atoms with E-state index in [1.54, 1.807) is 6.92 Å². The summed E-state index contributed by atoms with van der Waals surface area (Å²) in [4.78, 5) is 28.9. The van der Waals surface area contributed by atoms with Crippen molar-refractivity contribution in [3.8, 4) is 0 Å². The Morgan fingerprint density at radius 1 is 1.25 bits per heavy atom. The highest BCUT2D eigenvalue weighted by atomic mass is 19.4. The van der Waals surface area contributed by atoms with Crippen molar-refractivity contribution >= 4 is 22.3 Å². The van der Waals surface area contributed by atoms with Crippen LogP contribution >= 0.6 is 0 Å². The number of aromatic amines is 1. The molecule has 0 fully saturated rings. The molecule has 0 saturated heterocycles. The summed E-state index contributed by atoms with van der Waals surface area (Å²) in [5, 5.41) is 14.4. The van der Waals surface area contributed by atoms with Crippen LogP contribution in [-0.2, 0) is 6.18 Å². The van der Waals surface area contributed by atoms with Gasteiger partial charge in [0.1, 0.15) is 5.69 Å². The van der Waals surface area contributed by atoms with E-state index in [-0.39, 0.29) is 29.2 Å². The molecule has 1 heterocycles.